The molecule has 0 fully saturated rings. The number of carbonyl (C=O) groups is 2. The van der Waals surface area contributed by atoms with Crippen LogP contribution >= 0.6 is 7.82 Å². The summed E-state index contributed by atoms with van der Waals surface area (Å²) in [6.45, 7) is 6.82. The molecule has 446 valence electrons. The van der Waals surface area contributed by atoms with Gasteiger partial charge < -0.3 is 19.4 Å². The van der Waals surface area contributed by atoms with Gasteiger partial charge in [-0.2, -0.15) is 0 Å². The Morgan fingerprint density at radius 1 is 0.462 bits per heavy atom. The molecule has 3 atom stereocenters. The van der Waals surface area contributed by atoms with E-state index in [4.69, 9.17) is 13.8 Å². The van der Waals surface area contributed by atoms with Crippen LogP contribution in [-0.2, 0) is 27.9 Å². The Morgan fingerprint density at radius 3 is 1.27 bits per heavy atom. The van der Waals surface area contributed by atoms with Gasteiger partial charge in [0.2, 0.25) is 5.91 Å². The Bertz CT molecular complexity index is 1750. The molecule has 0 aromatic heterocycles. The number of unbranched alkanes of at least 4 members (excludes halogenated alkanes) is 21. The minimum Gasteiger partial charge on any atom is -0.456 e. The monoisotopic (exact) mass is 1110 g/mol. The van der Waals surface area contributed by atoms with Crippen LogP contribution in [0, 0.1) is 0 Å². The molecular weight excluding hydrogens is 988 g/mol. The molecule has 0 bridgehead atoms. The smallest absolute Gasteiger partial charge is 0.456 e. The number of phosphoric acid groups is 1. The Hall–Kier alpha value is -3.59. The van der Waals surface area contributed by atoms with Crippen molar-refractivity contribution in [2.75, 3.05) is 40.9 Å². The zero-order valence-corrected chi connectivity index (χ0v) is 51.8. The predicted molar refractivity (Wildman–Crippen MR) is 336 cm³/mol. The molecule has 1 amide bonds. The number of nitrogens with zero attached hydrogens (tertiary/aromatic N) is 1. The number of quaternary nitrogens is 1. The molecule has 0 aromatic rings. The zero-order chi connectivity index (χ0) is 57.2. The number of phosphoric ester groups is 1. The average molecular weight is 1110 g/mol. The van der Waals surface area contributed by atoms with Gasteiger partial charge in [-0.3, -0.25) is 18.6 Å². The maximum atomic E-state index is 13.6. The lowest BCUT2D eigenvalue weighted by molar-refractivity contribution is -0.870. The van der Waals surface area contributed by atoms with Crippen molar-refractivity contribution in [3.63, 3.8) is 0 Å². The van der Waals surface area contributed by atoms with E-state index in [1.54, 1.807) is 0 Å². The maximum Gasteiger partial charge on any atom is 0.472 e. The average Bonchev–Trinajstić information content (AvgIpc) is 3.40. The molecule has 0 saturated heterocycles. The van der Waals surface area contributed by atoms with Crippen molar-refractivity contribution in [2.24, 2.45) is 0 Å². The Balaban J connectivity index is 5.36. The van der Waals surface area contributed by atoms with Gasteiger partial charge in [0.15, 0.2) is 0 Å². The largest absolute Gasteiger partial charge is 0.472 e. The minimum atomic E-state index is -4.47. The van der Waals surface area contributed by atoms with Crippen molar-refractivity contribution in [2.45, 2.75) is 258 Å². The summed E-state index contributed by atoms with van der Waals surface area (Å²) >= 11 is 0. The van der Waals surface area contributed by atoms with Crippen LogP contribution < -0.4 is 5.32 Å². The molecule has 2 N–H and O–H groups in total. The van der Waals surface area contributed by atoms with E-state index < -0.39 is 20.0 Å². The molecule has 78 heavy (non-hydrogen) atoms. The summed E-state index contributed by atoms with van der Waals surface area (Å²) in [4.78, 5) is 37.7. The molecule has 9 nitrogen and oxygen atoms in total. The first kappa shape index (κ1) is 74.4. The third-order valence-electron chi connectivity index (χ3n) is 13.1. The van der Waals surface area contributed by atoms with E-state index in [2.05, 4.69) is 135 Å². The fourth-order valence-electron chi connectivity index (χ4n) is 8.30. The third-order valence-corrected chi connectivity index (χ3v) is 14.1. The number of amides is 1. The summed E-state index contributed by atoms with van der Waals surface area (Å²) < 4.78 is 30.7. The highest BCUT2D eigenvalue weighted by Crippen LogP contribution is 2.43. The summed E-state index contributed by atoms with van der Waals surface area (Å²) in [5, 5.41) is 3.04. The number of hydrogen-bond donors (Lipinski definition) is 2. The fraction of sp³-hybridized carbons (Fsp3) is 0.676. The number of ether oxygens (including phenoxy) is 1. The normalized spacial score (nSPS) is 14.5. The molecule has 0 aromatic carbocycles. The summed E-state index contributed by atoms with van der Waals surface area (Å²) in [5.74, 6) is -0.571. The van der Waals surface area contributed by atoms with Crippen LogP contribution in [0.1, 0.15) is 245 Å². The van der Waals surface area contributed by atoms with Gasteiger partial charge in [-0.05, 0) is 122 Å². The maximum absolute atomic E-state index is 13.6. The molecular formula is C68H118N2O7P+. The lowest BCUT2D eigenvalue weighted by Gasteiger charge is -2.27. The van der Waals surface area contributed by atoms with E-state index in [1.165, 1.54) is 77.0 Å². The van der Waals surface area contributed by atoms with E-state index in [-0.39, 0.29) is 31.5 Å². The molecule has 0 heterocycles. The topological polar surface area (TPSA) is 111 Å². The van der Waals surface area contributed by atoms with E-state index in [0.717, 1.165) is 128 Å². The number of esters is 1. The molecule has 0 spiro atoms. The first-order chi connectivity index (χ1) is 37.9. The first-order valence-electron chi connectivity index (χ1n) is 31.4. The van der Waals surface area contributed by atoms with Crippen LogP contribution in [0.25, 0.3) is 0 Å². The van der Waals surface area contributed by atoms with Gasteiger partial charge in [0.25, 0.3) is 0 Å². The molecule has 10 heteroatoms. The van der Waals surface area contributed by atoms with Gasteiger partial charge in [-0.15, -0.1) is 0 Å². The molecule has 0 aliphatic carbocycles. The number of likely N-dealkylation sites (N-methyl/N-ethyl adjacent to an activating group) is 1. The second kappa shape index (κ2) is 56.7. The van der Waals surface area contributed by atoms with Gasteiger partial charge in [-0.25, -0.2) is 4.57 Å². The van der Waals surface area contributed by atoms with Crippen LogP contribution in [0.4, 0.5) is 0 Å². The zero-order valence-electron chi connectivity index (χ0n) is 50.9. The number of nitrogens with one attached hydrogen (secondary N) is 1. The van der Waals surface area contributed by atoms with Gasteiger partial charge in [-0.1, -0.05) is 233 Å². The van der Waals surface area contributed by atoms with E-state index >= 15 is 0 Å². The van der Waals surface area contributed by atoms with Gasteiger partial charge in [0.05, 0.1) is 33.8 Å². The van der Waals surface area contributed by atoms with Crippen LogP contribution in [0.3, 0.4) is 0 Å². The highest BCUT2D eigenvalue weighted by Gasteiger charge is 2.30. The van der Waals surface area contributed by atoms with Gasteiger partial charge in [0.1, 0.15) is 19.3 Å². The Morgan fingerprint density at radius 2 is 0.821 bits per heavy atom. The van der Waals surface area contributed by atoms with Crippen LogP contribution in [0.5, 0.6) is 0 Å². The fourth-order valence-corrected chi connectivity index (χ4v) is 9.04. The highest BCUT2D eigenvalue weighted by molar-refractivity contribution is 7.47. The summed E-state index contributed by atoms with van der Waals surface area (Å²) in [6.07, 6.45) is 79.1. The SMILES string of the molecule is CC/C=C\C/C=C\C/C=C\C/C=C\C/C=C\CCCCCC(=O)OC(/C=C/CCCCCCCCCCCC)C(COP(=O)(O)OCC[N+](C)(C)C)NC(=O)CCCCCCC/C=C\C/C=C\C/C=C\C/C=C\CCCCC. The van der Waals surface area contributed by atoms with Gasteiger partial charge in [0, 0.05) is 12.8 Å². The van der Waals surface area contributed by atoms with Crippen molar-refractivity contribution >= 4 is 19.7 Å². The van der Waals surface area contributed by atoms with Crippen molar-refractivity contribution in [3.05, 3.63) is 122 Å². The molecule has 0 radical (unpaired) electrons. The molecule has 3 unspecified atom stereocenters. The van der Waals surface area contributed by atoms with Crippen molar-refractivity contribution in [1.82, 2.24) is 5.32 Å². The molecule has 0 aliphatic heterocycles. The van der Waals surface area contributed by atoms with E-state index in [0.29, 0.717) is 23.9 Å². The number of hydrogen-bond acceptors (Lipinski definition) is 6. The van der Waals surface area contributed by atoms with Crippen LogP contribution in [0.15, 0.2) is 122 Å². The molecule has 0 saturated carbocycles. The van der Waals surface area contributed by atoms with Crippen LogP contribution in [-0.4, -0.2) is 74.3 Å². The first-order valence-corrected chi connectivity index (χ1v) is 32.9. The van der Waals surface area contributed by atoms with Gasteiger partial charge >= 0.3 is 13.8 Å². The summed E-state index contributed by atoms with van der Waals surface area (Å²) in [5.41, 5.74) is 0. The summed E-state index contributed by atoms with van der Waals surface area (Å²) in [7, 11) is 1.45. The lowest BCUT2D eigenvalue weighted by atomic mass is 10.0. The summed E-state index contributed by atoms with van der Waals surface area (Å²) in [6, 6.07) is -0.881. The van der Waals surface area contributed by atoms with E-state index in [1.807, 2.05) is 33.3 Å². The minimum absolute atomic E-state index is 0.0239. The quantitative estimate of drug-likeness (QED) is 0.0205. The Kier molecular flexibility index (Phi) is 54.1. The molecule has 0 aliphatic rings. The number of carbonyl (C=O) groups excluding carboxylic acids is 2. The highest BCUT2D eigenvalue weighted by atomic mass is 31.2. The second-order valence-electron chi connectivity index (χ2n) is 21.8. The lowest BCUT2D eigenvalue weighted by Crippen LogP contribution is -2.47. The molecule has 0 rings (SSSR count). The third kappa shape index (κ3) is 57.1. The number of rotatable bonds is 55. The Labute approximate surface area is 480 Å². The van der Waals surface area contributed by atoms with E-state index in [9.17, 15) is 19.0 Å². The number of allylic oxidation sites excluding steroid dienone is 19. The standard InChI is InChI=1S/C68H117N2O7P/c1-7-10-13-16-19-22-25-28-30-32-34-35-37-38-40-42-45-48-51-54-57-60-67(71)69-65(64-76-78(73,74)75-63-62-70(4,5)6)66(59-56-53-50-47-44-27-24-21-18-15-12-9-3)77-68(72)61-58-55-52-49-46-43-41-39-36-33-31-29-26-23-20-17-14-11-8-2/h11,14,19-20,22-23,28-31,34-36,38-40,43,46,56,59,65-66H,7-10,12-13,15-18,21,24-27,32-33,37,41-42,44-45,47-55,57-58,60-64H2,1-6H3,(H-,69,71,73,74)/p+1/b14-11-,22-19-,23-20-,30-28-,31-29-,35-34-,39-36-,40-38-,46-43-,59-56+. The van der Waals surface area contributed by atoms with Crippen molar-refractivity contribution in [3.8, 4) is 0 Å². The predicted octanol–water partition coefficient (Wildman–Crippen LogP) is 19.5. The van der Waals surface area contributed by atoms with Crippen molar-refractivity contribution < 1.29 is 37.3 Å². The van der Waals surface area contributed by atoms with Crippen molar-refractivity contribution in [1.29, 1.82) is 0 Å². The second-order valence-corrected chi connectivity index (χ2v) is 23.3. The van der Waals surface area contributed by atoms with Crippen LogP contribution in [0.2, 0.25) is 0 Å².